The molecular weight excluding hydrogens is 496 g/mol. The minimum Gasteiger partial charge on any atom is -0.456 e. The second kappa shape index (κ2) is 8.55. The number of para-hydroxylation sites is 1. The molecule has 41 heavy (non-hydrogen) atoms. The molecule has 0 aliphatic heterocycles. The third-order valence-corrected chi connectivity index (χ3v) is 6.96. The van der Waals surface area contributed by atoms with Crippen molar-refractivity contribution in [3.05, 3.63) is 145 Å². The Bertz CT molecular complexity index is 3680. The Labute approximate surface area is 269 Å². The molecule has 0 fully saturated rings. The lowest BCUT2D eigenvalue weighted by Gasteiger charge is -2.19. The van der Waals surface area contributed by atoms with Gasteiger partial charge in [-0.1, -0.05) is 127 Å². The third-order valence-electron chi connectivity index (χ3n) is 6.96. The molecule has 0 aliphatic rings. The molecule has 0 aliphatic carbocycles. The molecule has 9 rings (SSSR count). The van der Waals surface area contributed by atoms with E-state index < -0.39 is 210 Å². The van der Waals surface area contributed by atoms with E-state index in [0.29, 0.717) is 0 Å². The van der Waals surface area contributed by atoms with Crippen LogP contribution in [0.3, 0.4) is 0 Å². The summed E-state index contributed by atoms with van der Waals surface area (Å²) >= 11 is 0. The Hall–Kier alpha value is -5.40. The van der Waals surface area contributed by atoms with Crippen molar-refractivity contribution in [2.24, 2.45) is 0 Å². The Kier molecular flexibility index (Phi) is 2.00. The second-order valence-electron chi connectivity index (χ2n) is 9.09. The maximum atomic E-state index is 9.62. The summed E-state index contributed by atoms with van der Waals surface area (Å²) in [7, 11) is 0. The van der Waals surface area contributed by atoms with Crippen molar-refractivity contribution in [2.75, 3.05) is 0 Å². The van der Waals surface area contributed by atoms with Crippen LogP contribution in [0.4, 0.5) is 0 Å². The molecule has 0 saturated heterocycles. The summed E-state index contributed by atoms with van der Waals surface area (Å²) in [6.07, 6.45) is 0. The molecule has 1 heterocycles. The quantitative estimate of drug-likeness (QED) is 0.156. The molecule has 1 nitrogen and oxygen atoms in total. The maximum Gasteiger partial charge on any atom is 0.135 e. The summed E-state index contributed by atoms with van der Waals surface area (Å²) in [6.45, 7) is 0. The van der Waals surface area contributed by atoms with Crippen molar-refractivity contribution in [1.82, 2.24) is 0 Å². The number of benzene rings is 8. The zero-order valence-electron chi connectivity index (χ0n) is 43.5. The Balaban J connectivity index is 1.66. The van der Waals surface area contributed by atoms with Gasteiger partial charge in [0.05, 0.1) is 31.5 Å². The van der Waals surface area contributed by atoms with Gasteiger partial charge in [0.25, 0.3) is 0 Å². The topological polar surface area (TPSA) is 13.1 Å². The SMILES string of the molecule is [2H]c1cc2c(c([2H])c([2H])c3c([2H])c([2H])c([2H])c([2H])c32)c(-c2c3c([2H])c([2H])c([2H])c([2H])c3c(-c3c([2H])c([2H])c4oc5c([2H])c([2H])c([2H])c([2H])c5c4c3[2H])c3c([2H])c([2H])c([2H])c([2H])c23)c1[2H]. The summed E-state index contributed by atoms with van der Waals surface area (Å²) in [5.74, 6) is 0. The normalized spacial score (nSPS) is 19.8. The Morgan fingerprint density at radius 2 is 1.00 bits per heavy atom. The molecule has 1 aromatic heterocycles. The van der Waals surface area contributed by atoms with Crippen LogP contribution in [-0.4, -0.2) is 0 Å². The van der Waals surface area contributed by atoms with E-state index in [-0.39, 0.29) is 16.2 Å². The van der Waals surface area contributed by atoms with Crippen molar-refractivity contribution in [3.8, 4) is 22.3 Å². The molecule has 0 spiro atoms. The largest absolute Gasteiger partial charge is 0.456 e. The van der Waals surface area contributed by atoms with Gasteiger partial charge in [0.2, 0.25) is 0 Å². The number of rotatable bonds is 2. The van der Waals surface area contributed by atoms with Gasteiger partial charge in [-0.15, -0.1) is 0 Å². The van der Waals surface area contributed by atoms with Gasteiger partial charge in [0.1, 0.15) is 11.2 Å². The van der Waals surface area contributed by atoms with Gasteiger partial charge in [-0.05, 0) is 83.5 Å². The molecule has 9 aromatic rings. The van der Waals surface area contributed by atoms with Crippen LogP contribution in [0.2, 0.25) is 0 Å². The first-order valence-electron chi connectivity index (χ1n) is 23.7. The van der Waals surface area contributed by atoms with Gasteiger partial charge in [0, 0.05) is 10.8 Å². The fourth-order valence-corrected chi connectivity index (χ4v) is 5.25. The van der Waals surface area contributed by atoms with Crippen LogP contribution in [0, 0.1) is 0 Å². The molecule has 1 heteroatoms. The van der Waals surface area contributed by atoms with Crippen molar-refractivity contribution >= 4 is 65.0 Å². The zero-order chi connectivity index (χ0) is 46.9. The minimum atomic E-state index is -0.917. The summed E-state index contributed by atoms with van der Waals surface area (Å²) in [6, 6.07) is -17.4. The molecule has 8 aromatic carbocycles. The first-order valence-corrected chi connectivity index (χ1v) is 12.2. The third kappa shape index (κ3) is 3.24. The highest BCUT2D eigenvalue weighted by Crippen LogP contribution is 2.46. The highest BCUT2D eigenvalue weighted by Gasteiger charge is 2.19. The lowest BCUT2D eigenvalue weighted by molar-refractivity contribution is 0.669. The number of hydrogen-bond acceptors (Lipinski definition) is 1. The smallest absolute Gasteiger partial charge is 0.135 e. The summed E-state index contributed by atoms with van der Waals surface area (Å²) < 4.78 is 211. The standard InChI is InChI=1S/C40H24O/c1-2-11-27-25(10-1)20-22-29-28(27)17-9-18-31(29)40-34-15-5-3-13-32(34)39(33-14-4-6-16-35(33)40)26-21-23-38-36(24-26)30-12-7-8-19-37(30)41-38/h1-24H/i1D,2D,3D,4D,5D,6D,7D,8D,9D,10D,11D,12D,13D,14D,15D,16D,18D,19D,20D,21D,22D,23D,24D. The highest BCUT2D eigenvalue weighted by atomic mass is 16.3. The molecule has 0 radical (unpaired) electrons. The van der Waals surface area contributed by atoms with Crippen LogP contribution >= 0.6 is 0 Å². The summed E-state index contributed by atoms with van der Waals surface area (Å²) in [5, 5.41) is -4.78. The van der Waals surface area contributed by atoms with Crippen molar-refractivity contribution in [3.63, 3.8) is 0 Å². The predicted molar refractivity (Wildman–Crippen MR) is 175 cm³/mol. The van der Waals surface area contributed by atoms with E-state index >= 15 is 0 Å². The first kappa shape index (κ1) is 9.61. The molecule has 0 unspecified atom stereocenters. The van der Waals surface area contributed by atoms with Gasteiger partial charge in [0.15, 0.2) is 0 Å². The molecule has 0 atom stereocenters. The van der Waals surface area contributed by atoms with E-state index in [0.717, 1.165) is 6.07 Å². The summed E-state index contributed by atoms with van der Waals surface area (Å²) in [5.41, 5.74) is -3.46. The first-order chi connectivity index (χ1) is 29.9. The molecule has 0 saturated carbocycles. The number of furan rings is 1. The van der Waals surface area contributed by atoms with Crippen molar-refractivity contribution < 1.29 is 35.9 Å². The van der Waals surface area contributed by atoms with E-state index in [1.54, 1.807) is 0 Å². The van der Waals surface area contributed by atoms with Crippen LogP contribution in [0.5, 0.6) is 0 Å². The van der Waals surface area contributed by atoms with Crippen LogP contribution < -0.4 is 0 Å². The van der Waals surface area contributed by atoms with Gasteiger partial charge in [-0.25, -0.2) is 0 Å². The molecule has 0 N–H and O–H groups in total. The molecule has 0 bridgehead atoms. The van der Waals surface area contributed by atoms with E-state index in [2.05, 4.69) is 0 Å². The molecule has 0 amide bonds. The van der Waals surface area contributed by atoms with Gasteiger partial charge in [-0.2, -0.15) is 0 Å². The number of fused-ring (bicyclic) bond motifs is 8. The van der Waals surface area contributed by atoms with Crippen LogP contribution in [0.25, 0.3) is 87.3 Å². The minimum absolute atomic E-state index is 0.270. The monoisotopic (exact) mass is 543 g/mol. The lowest BCUT2D eigenvalue weighted by atomic mass is 9.84. The zero-order valence-corrected chi connectivity index (χ0v) is 20.5. The lowest BCUT2D eigenvalue weighted by Crippen LogP contribution is -1.91. The van der Waals surface area contributed by atoms with Gasteiger partial charge >= 0.3 is 0 Å². The fraction of sp³-hybridized carbons (Fsp3) is 0. The van der Waals surface area contributed by atoms with Gasteiger partial charge in [-0.3, -0.25) is 0 Å². The predicted octanol–water partition coefficient (Wildman–Crippen LogP) is 11.5. The summed E-state index contributed by atoms with van der Waals surface area (Å²) in [4.78, 5) is 0. The van der Waals surface area contributed by atoms with E-state index in [1.807, 2.05) is 0 Å². The fourth-order valence-electron chi connectivity index (χ4n) is 5.25. The van der Waals surface area contributed by atoms with Crippen LogP contribution in [-0.2, 0) is 0 Å². The highest BCUT2D eigenvalue weighted by molar-refractivity contribution is 6.25. The molecule has 190 valence electrons. The van der Waals surface area contributed by atoms with E-state index in [1.165, 1.54) is 0 Å². The van der Waals surface area contributed by atoms with E-state index in [9.17, 15) is 11.0 Å². The number of hydrogen-bond donors (Lipinski definition) is 0. The Morgan fingerprint density at radius 3 is 1.76 bits per heavy atom. The Morgan fingerprint density at radius 1 is 0.390 bits per heavy atom. The van der Waals surface area contributed by atoms with Gasteiger partial charge < -0.3 is 4.42 Å². The average Bonchev–Trinajstić information content (AvgIpc) is 3.68. The van der Waals surface area contributed by atoms with Crippen LogP contribution in [0.15, 0.2) is 149 Å². The van der Waals surface area contributed by atoms with Crippen molar-refractivity contribution in [2.45, 2.75) is 0 Å². The second-order valence-corrected chi connectivity index (χ2v) is 9.09. The molecular formula is C40H24O. The van der Waals surface area contributed by atoms with E-state index in [4.69, 9.17) is 25.0 Å². The average molecular weight is 544 g/mol. The maximum absolute atomic E-state index is 9.62. The van der Waals surface area contributed by atoms with Crippen LogP contribution in [0.1, 0.15) is 31.5 Å². The van der Waals surface area contributed by atoms with Crippen molar-refractivity contribution in [1.29, 1.82) is 0 Å².